The lowest BCUT2D eigenvalue weighted by atomic mass is 10.0. The fourth-order valence-corrected chi connectivity index (χ4v) is 3.20. The number of carbonyl (C=O) groups is 1. The van der Waals surface area contributed by atoms with Crippen molar-refractivity contribution in [3.8, 4) is 5.82 Å². The molecule has 0 unspecified atom stereocenters. The van der Waals surface area contributed by atoms with Crippen LogP contribution in [0.4, 0.5) is 5.82 Å². The van der Waals surface area contributed by atoms with Gasteiger partial charge in [-0.15, -0.1) is 0 Å². The Morgan fingerprint density at radius 1 is 1.04 bits per heavy atom. The summed E-state index contributed by atoms with van der Waals surface area (Å²) in [5.74, 6) is 0.957. The van der Waals surface area contributed by atoms with E-state index in [1.54, 1.807) is 10.7 Å². The van der Waals surface area contributed by atoms with Crippen LogP contribution in [-0.2, 0) is 11.2 Å². The van der Waals surface area contributed by atoms with E-state index in [0.29, 0.717) is 11.6 Å². The third-order valence-electron chi connectivity index (χ3n) is 4.38. The first kappa shape index (κ1) is 16.9. The normalized spacial score (nSPS) is 10.9. The van der Waals surface area contributed by atoms with Gasteiger partial charge in [0.2, 0.25) is 5.91 Å². The minimum absolute atomic E-state index is 0.121. The van der Waals surface area contributed by atoms with E-state index in [9.17, 15) is 4.79 Å². The average molecular weight is 357 g/mol. The molecular formula is C21H19N5O. The minimum Gasteiger partial charge on any atom is -0.310 e. The SMILES string of the molecule is Cc1cc(C)n(-c2cc(NC(=O)Cc3cccc4ccccc34)ncn2)n1. The summed E-state index contributed by atoms with van der Waals surface area (Å²) in [5.41, 5.74) is 2.87. The molecule has 1 amide bonds. The summed E-state index contributed by atoms with van der Waals surface area (Å²) in [7, 11) is 0. The Morgan fingerprint density at radius 3 is 2.67 bits per heavy atom. The van der Waals surface area contributed by atoms with Crippen LogP contribution in [0.25, 0.3) is 16.6 Å². The lowest BCUT2D eigenvalue weighted by Crippen LogP contribution is -2.16. The highest BCUT2D eigenvalue weighted by Crippen LogP contribution is 2.19. The van der Waals surface area contributed by atoms with Gasteiger partial charge in [0.05, 0.1) is 12.1 Å². The Morgan fingerprint density at radius 2 is 1.85 bits per heavy atom. The van der Waals surface area contributed by atoms with Gasteiger partial charge in [0.15, 0.2) is 5.82 Å². The number of benzene rings is 2. The van der Waals surface area contributed by atoms with Crippen molar-refractivity contribution in [3.05, 3.63) is 77.9 Å². The molecule has 2 heterocycles. The van der Waals surface area contributed by atoms with Crippen molar-refractivity contribution >= 4 is 22.5 Å². The molecule has 0 aliphatic carbocycles. The molecule has 0 aliphatic heterocycles. The lowest BCUT2D eigenvalue weighted by Gasteiger charge is -2.09. The Labute approximate surface area is 156 Å². The zero-order chi connectivity index (χ0) is 18.8. The number of fused-ring (bicyclic) bond motifs is 1. The summed E-state index contributed by atoms with van der Waals surface area (Å²) < 4.78 is 1.73. The van der Waals surface area contributed by atoms with Gasteiger partial charge in [0.1, 0.15) is 12.1 Å². The standard InChI is InChI=1S/C21H19N5O/c1-14-10-15(2)26(25-14)20-12-19(22-13-23-20)24-21(27)11-17-8-5-7-16-6-3-4-9-18(16)17/h3-10,12-13H,11H2,1-2H3,(H,22,23,24,27). The number of rotatable bonds is 4. The predicted molar refractivity (Wildman–Crippen MR) is 105 cm³/mol. The van der Waals surface area contributed by atoms with Gasteiger partial charge in [-0.3, -0.25) is 4.79 Å². The van der Waals surface area contributed by atoms with Crippen LogP contribution in [0.5, 0.6) is 0 Å². The lowest BCUT2D eigenvalue weighted by molar-refractivity contribution is -0.115. The molecule has 1 N–H and O–H groups in total. The summed E-state index contributed by atoms with van der Waals surface area (Å²) in [4.78, 5) is 21.0. The number of hydrogen-bond acceptors (Lipinski definition) is 4. The molecule has 0 spiro atoms. The number of nitrogens with one attached hydrogen (secondary N) is 1. The molecule has 134 valence electrons. The van der Waals surface area contributed by atoms with Crippen LogP contribution in [0.2, 0.25) is 0 Å². The fraction of sp³-hybridized carbons (Fsp3) is 0.143. The van der Waals surface area contributed by atoms with Crippen molar-refractivity contribution in [1.82, 2.24) is 19.7 Å². The maximum Gasteiger partial charge on any atom is 0.229 e. The van der Waals surface area contributed by atoms with Gasteiger partial charge in [0, 0.05) is 11.8 Å². The number of amides is 1. The molecule has 27 heavy (non-hydrogen) atoms. The van der Waals surface area contributed by atoms with Crippen molar-refractivity contribution in [2.24, 2.45) is 0 Å². The largest absolute Gasteiger partial charge is 0.310 e. The summed E-state index contributed by atoms with van der Waals surface area (Å²) in [6.07, 6.45) is 1.71. The molecule has 2 aromatic heterocycles. The number of hydrogen-bond donors (Lipinski definition) is 1. The molecule has 0 fully saturated rings. The second-order valence-corrected chi connectivity index (χ2v) is 6.46. The fourth-order valence-electron chi connectivity index (χ4n) is 3.20. The molecule has 0 radical (unpaired) electrons. The zero-order valence-electron chi connectivity index (χ0n) is 15.2. The van der Waals surface area contributed by atoms with Crippen LogP contribution in [-0.4, -0.2) is 25.7 Å². The molecular weight excluding hydrogens is 338 g/mol. The van der Waals surface area contributed by atoms with E-state index in [-0.39, 0.29) is 12.3 Å². The highest BCUT2D eigenvalue weighted by molar-refractivity contribution is 5.95. The Balaban J connectivity index is 1.55. The smallest absolute Gasteiger partial charge is 0.229 e. The number of anilines is 1. The van der Waals surface area contributed by atoms with E-state index in [1.807, 2.05) is 62.4 Å². The van der Waals surface area contributed by atoms with E-state index >= 15 is 0 Å². The first-order chi connectivity index (χ1) is 13.1. The molecule has 2 aromatic carbocycles. The van der Waals surface area contributed by atoms with Gasteiger partial charge in [0.25, 0.3) is 0 Å². The molecule has 0 aliphatic rings. The molecule has 0 saturated heterocycles. The first-order valence-corrected chi connectivity index (χ1v) is 8.72. The molecule has 4 aromatic rings. The number of nitrogens with zero attached hydrogens (tertiary/aromatic N) is 4. The third kappa shape index (κ3) is 3.55. The van der Waals surface area contributed by atoms with Gasteiger partial charge in [-0.2, -0.15) is 5.10 Å². The molecule has 6 heteroatoms. The van der Waals surface area contributed by atoms with Crippen LogP contribution >= 0.6 is 0 Å². The summed E-state index contributed by atoms with van der Waals surface area (Å²) >= 11 is 0. The van der Waals surface area contributed by atoms with Crippen molar-refractivity contribution in [2.75, 3.05) is 5.32 Å². The summed E-state index contributed by atoms with van der Waals surface area (Å²) in [6, 6.07) is 17.7. The molecule has 0 atom stereocenters. The number of aromatic nitrogens is 4. The Bertz CT molecular complexity index is 1130. The molecule has 0 saturated carbocycles. The van der Waals surface area contributed by atoms with Crippen LogP contribution < -0.4 is 5.32 Å². The van der Waals surface area contributed by atoms with Gasteiger partial charge in [-0.05, 0) is 36.2 Å². The van der Waals surface area contributed by atoms with Gasteiger partial charge < -0.3 is 5.32 Å². The van der Waals surface area contributed by atoms with Crippen LogP contribution in [0.3, 0.4) is 0 Å². The second-order valence-electron chi connectivity index (χ2n) is 6.46. The molecule has 6 nitrogen and oxygen atoms in total. The minimum atomic E-state index is -0.121. The zero-order valence-corrected chi connectivity index (χ0v) is 15.2. The quantitative estimate of drug-likeness (QED) is 0.605. The monoisotopic (exact) mass is 357 g/mol. The van der Waals surface area contributed by atoms with Crippen molar-refractivity contribution in [2.45, 2.75) is 20.3 Å². The Hall–Kier alpha value is -3.54. The maximum atomic E-state index is 12.6. The van der Waals surface area contributed by atoms with E-state index < -0.39 is 0 Å². The number of aryl methyl sites for hydroxylation is 2. The molecule has 4 rings (SSSR count). The van der Waals surface area contributed by atoms with Gasteiger partial charge >= 0.3 is 0 Å². The first-order valence-electron chi connectivity index (χ1n) is 8.72. The van der Waals surface area contributed by atoms with Gasteiger partial charge in [-0.25, -0.2) is 14.6 Å². The van der Waals surface area contributed by atoms with Gasteiger partial charge in [-0.1, -0.05) is 42.5 Å². The molecule has 0 bridgehead atoms. The maximum absolute atomic E-state index is 12.6. The van der Waals surface area contributed by atoms with Crippen LogP contribution in [0.15, 0.2) is 60.9 Å². The predicted octanol–water partition coefficient (Wildman–Crippen LogP) is 3.61. The van der Waals surface area contributed by atoms with E-state index in [0.717, 1.165) is 27.7 Å². The second kappa shape index (κ2) is 6.99. The third-order valence-corrected chi connectivity index (χ3v) is 4.38. The topological polar surface area (TPSA) is 72.7 Å². The van der Waals surface area contributed by atoms with E-state index in [2.05, 4.69) is 20.4 Å². The average Bonchev–Trinajstić information content (AvgIpc) is 3.00. The van der Waals surface area contributed by atoms with Crippen LogP contribution in [0.1, 0.15) is 17.0 Å². The van der Waals surface area contributed by atoms with E-state index in [1.165, 1.54) is 6.33 Å². The summed E-state index contributed by atoms with van der Waals surface area (Å²) in [5, 5.41) is 9.48. The van der Waals surface area contributed by atoms with E-state index in [4.69, 9.17) is 0 Å². The Kier molecular flexibility index (Phi) is 4.38. The summed E-state index contributed by atoms with van der Waals surface area (Å²) in [6.45, 7) is 3.89. The van der Waals surface area contributed by atoms with Crippen molar-refractivity contribution < 1.29 is 4.79 Å². The number of carbonyl (C=O) groups excluding carboxylic acids is 1. The van der Waals surface area contributed by atoms with Crippen molar-refractivity contribution in [3.63, 3.8) is 0 Å². The highest BCUT2D eigenvalue weighted by Gasteiger charge is 2.10. The van der Waals surface area contributed by atoms with Crippen molar-refractivity contribution in [1.29, 1.82) is 0 Å². The highest BCUT2D eigenvalue weighted by atomic mass is 16.1. The van der Waals surface area contributed by atoms with Crippen LogP contribution in [0, 0.1) is 13.8 Å².